The second-order valence-corrected chi connectivity index (χ2v) is 5.46. The van der Waals surface area contributed by atoms with E-state index in [-0.39, 0.29) is 0 Å². The number of nitrogens with zero attached hydrogens (tertiary/aromatic N) is 1. The number of rotatable bonds is 2. The van der Waals surface area contributed by atoms with Crippen molar-refractivity contribution in [2.45, 2.75) is 13.8 Å². The van der Waals surface area contributed by atoms with E-state index in [1.165, 1.54) is 5.56 Å². The Kier molecular flexibility index (Phi) is 3.43. The van der Waals surface area contributed by atoms with Crippen molar-refractivity contribution >= 4 is 17.5 Å². The number of nitrogens with two attached hydrogens (primary N) is 1. The van der Waals surface area contributed by atoms with Gasteiger partial charge in [-0.25, -0.2) is 0 Å². The molecule has 2 aromatic carbocycles. The van der Waals surface area contributed by atoms with Gasteiger partial charge in [0.15, 0.2) is 0 Å². The lowest BCUT2D eigenvalue weighted by molar-refractivity contribution is 0.439. The second-order valence-electron chi connectivity index (χ2n) is 5.03. The van der Waals surface area contributed by atoms with Gasteiger partial charge in [-0.15, -0.1) is 0 Å². The van der Waals surface area contributed by atoms with Gasteiger partial charge in [0.1, 0.15) is 5.69 Å². The fourth-order valence-electron chi connectivity index (χ4n) is 2.42. The lowest BCUT2D eigenvalue weighted by Gasteiger charge is -2.08. The van der Waals surface area contributed by atoms with Crippen molar-refractivity contribution in [1.29, 1.82) is 0 Å². The molecule has 0 radical (unpaired) electrons. The second kappa shape index (κ2) is 5.26. The highest BCUT2D eigenvalue weighted by molar-refractivity contribution is 6.30. The van der Waals surface area contributed by atoms with Crippen LogP contribution in [0.5, 0.6) is 0 Å². The van der Waals surface area contributed by atoms with Crippen LogP contribution in [0, 0.1) is 13.8 Å². The summed E-state index contributed by atoms with van der Waals surface area (Å²) in [5.74, 6) is 0.299. The molecule has 3 aromatic rings. The summed E-state index contributed by atoms with van der Waals surface area (Å²) in [4.78, 5) is 0. The van der Waals surface area contributed by atoms with Gasteiger partial charge in [0, 0.05) is 10.6 Å². The lowest BCUT2D eigenvalue weighted by atomic mass is 9.96. The number of hydrogen-bond acceptors (Lipinski definition) is 3. The molecule has 2 N–H and O–H groups in total. The lowest BCUT2D eigenvalue weighted by Crippen LogP contribution is -1.91. The minimum atomic E-state index is 0.299. The van der Waals surface area contributed by atoms with Crippen molar-refractivity contribution in [3.05, 3.63) is 58.6 Å². The van der Waals surface area contributed by atoms with Gasteiger partial charge < -0.3 is 10.3 Å². The summed E-state index contributed by atoms with van der Waals surface area (Å²) in [6, 6.07) is 13.6. The minimum absolute atomic E-state index is 0.299. The monoisotopic (exact) mass is 298 g/mol. The molecular formula is C17H15ClN2O. The summed E-state index contributed by atoms with van der Waals surface area (Å²) in [6.45, 7) is 4.14. The summed E-state index contributed by atoms with van der Waals surface area (Å²) in [7, 11) is 0. The van der Waals surface area contributed by atoms with Gasteiger partial charge in [-0.3, -0.25) is 0 Å². The average Bonchev–Trinajstić information content (AvgIpc) is 2.83. The molecule has 1 aromatic heterocycles. The summed E-state index contributed by atoms with van der Waals surface area (Å²) in [6.07, 6.45) is 0. The Balaban J connectivity index is 2.24. The molecule has 106 valence electrons. The summed E-state index contributed by atoms with van der Waals surface area (Å²) < 4.78 is 5.22. The average molecular weight is 299 g/mol. The zero-order valence-corrected chi connectivity index (χ0v) is 12.6. The van der Waals surface area contributed by atoms with Crippen molar-refractivity contribution in [1.82, 2.24) is 5.16 Å². The van der Waals surface area contributed by atoms with E-state index in [1.807, 2.05) is 36.4 Å². The Labute approximate surface area is 128 Å². The summed E-state index contributed by atoms with van der Waals surface area (Å²) >= 11 is 6.08. The Morgan fingerprint density at radius 2 is 1.86 bits per heavy atom. The Morgan fingerprint density at radius 3 is 2.62 bits per heavy atom. The Morgan fingerprint density at radius 1 is 1.10 bits per heavy atom. The quantitative estimate of drug-likeness (QED) is 0.735. The molecular weight excluding hydrogens is 284 g/mol. The van der Waals surface area contributed by atoms with E-state index in [2.05, 4.69) is 25.1 Å². The number of benzene rings is 2. The molecule has 1 heterocycles. The first-order valence-electron chi connectivity index (χ1n) is 6.65. The topological polar surface area (TPSA) is 52.0 Å². The first-order chi connectivity index (χ1) is 10.1. The van der Waals surface area contributed by atoms with Crippen LogP contribution in [0.25, 0.3) is 22.4 Å². The van der Waals surface area contributed by atoms with Crippen LogP contribution < -0.4 is 5.73 Å². The number of anilines is 1. The maximum absolute atomic E-state index is 6.08. The fourth-order valence-corrected chi connectivity index (χ4v) is 2.61. The zero-order valence-electron chi connectivity index (χ0n) is 11.9. The number of aryl methyl sites for hydroxylation is 1. The number of nitrogen functional groups attached to an aromatic ring is 1. The molecule has 21 heavy (non-hydrogen) atoms. The van der Waals surface area contributed by atoms with Gasteiger partial charge in [-0.05, 0) is 42.7 Å². The first-order valence-corrected chi connectivity index (χ1v) is 7.03. The highest BCUT2D eigenvalue weighted by Gasteiger charge is 2.19. The smallest absolute Gasteiger partial charge is 0.230 e. The van der Waals surface area contributed by atoms with Crippen molar-refractivity contribution in [3.63, 3.8) is 0 Å². The van der Waals surface area contributed by atoms with Crippen LogP contribution in [0.4, 0.5) is 5.88 Å². The van der Waals surface area contributed by atoms with E-state index in [1.54, 1.807) is 0 Å². The van der Waals surface area contributed by atoms with Crippen molar-refractivity contribution in [2.75, 3.05) is 5.73 Å². The predicted molar refractivity (Wildman–Crippen MR) is 86.3 cm³/mol. The van der Waals surface area contributed by atoms with E-state index in [0.29, 0.717) is 10.9 Å². The molecule has 0 aliphatic carbocycles. The highest BCUT2D eigenvalue weighted by Crippen LogP contribution is 2.38. The van der Waals surface area contributed by atoms with E-state index in [0.717, 1.165) is 27.9 Å². The molecule has 0 aliphatic heterocycles. The summed E-state index contributed by atoms with van der Waals surface area (Å²) in [5.41, 5.74) is 11.8. The molecule has 4 heteroatoms. The van der Waals surface area contributed by atoms with Gasteiger partial charge in [0.25, 0.3) is 0 Å². The maximum Gasteiger partial charge on any atom is 0.230 e. The zero-order chi connectivity index (χ0) is 15.0. The normalized spacial score (nSPS) is 10.8. The van der Waals surface area contributed by atoms with Gasteiger partial charge in [0.05, 0.1) is 5.56 Å². The van der Waals surface area contributed by atoms with Gasteiger partial charge in [0.2, 0.25) is 5.88 Å². The fraction of sp³-hybridized carbons (Fsp3) is 0.118. The molecule has 0 saturated heterocycles. The van der Waals surface area contributed by atoms with Crippen LogP contribution in [0.3, 0.4) is 0 Å². The van der Waals surface area contributed by atoms with Crippen LogP contribution in [0.2, 0.25) is 5.02 Å². The molecule has 3 nitrogen and oxygen atoms in total. The third-order valence-electron chi connectivity index (χ3n) is 3.69. The molecule has 0 atom stereocenters. The Hall–Kier alpha value is -2.26. The van der Waals surface area contributed by atoms with Crippen molar-refractivity contribution in [3.8, 4) is 22.4 Å². The maximum atomic E-state index is 6.08. The van der Waals surface area contributed by atoms with Crippen molar-refractivity contribution in [2.24, 2.45) is 0 Å². The van der Waals surface area contributed by atoms with E-state index in [4.69, 9.17) is 21.9 Å². The number of hydrogen-bond donors (Lipinski definition) is 1. The minimum Gasteiger partial charge on any atom is -0.367 e. The molecule has 0 aliphatic rings. The molecule has 0 amide bonds. The highest BCUT2D eigenvalue weighted by atomic mass is 35.5. The van der Waals surface area contributed by atoms with Crippen LogP contribution in [0.1, 0.15) is 11.1 Å². The largest absolute Gasteiger partial charge is 0.367 e. The molecule has 0 spiro atoms. The van der Waals surface area contributed by atoms with Crippen LogP contribution in [-0.4, -0.2) is 5.16 Å². The van der Waals surface area contributed by atoms with Crippen LogP contribution in [-0.2, 0) is 0 Å². The van der Waals surface area contributed by atoms with Gasteiger partial charge in [-0.1, -0.05) is 47.1 Å². The van der Waals surface area contributed by atoms with Crippen LogP contribution >= 0.6 is 11.6 Å². The summed E-state index contributed by atoms with van der Waals surface area (Å²) in [5, 5.41) is 4.80. The van der Waals surface area contributed by atoms with E-state index < -0.39 is 0 Å². The third kappa shape index (κ3) is 2.41. The standard InChI is InChI=1S/C17H15ClN2O/c1-10-5-3-8-14(11(10)2)16-15(17(19)21-20-16)12-6-4-7-13(18)9-12/h3-9H,19H2,1-2H3. The van der Waals surface area contributed by atoms with Gasteiger partial charge >= 0.3 is 0 Å². The molecule has 0 saturated carbocycles. The van der Waals surface area contributed by atoms with Crippen molar-refractivity contribution < 1.29 is 4.52 Å². The van der Waals surface area contributed by atoms with E-state index >= 15 is 0 Å². The molecule has 0 unspecified atom stereocenters. The van der Waals surface area contributed by atoms with Gasteiger partial charge in [-0.2, -0.15) is 0 Å². The molecule has 0 fully saturated rings. The molecule has 3 rings (SSSR count). The Bertz CT molecular complexity index is 808. The first kappa shape index (κ1) is 13.7. The number of aromatic nitrogens is 1. The third-order valence-corrected chi connectivity index (χ3v) is 3.93. The number of halogens is 1. The van der Waals surface area contributed by atoms with Crippen LogP contribution in [0.15, 0.2) is 47.0 Å². The predicted octanol–water partition coefficient (Wildman–Crippen LogP) is 4.86. The SMILES string of the molecule is Cc1cccc(-c2noc(N)c2-c2cccc(Cl)c2)c1C. The molecule has 0 bridgehead atoms. The van der Waals surface area contributed by atoms with E-state index in [9.17, 15) is 0 Å².